The minimum atomic E-state index is -4.31. The molecule has 0 aromatic heterocycles. The van der Waals surface area contributed by atoms with Gasteiger partial charge in [0.2, 0.25) is 11.8 Å². The summed E-state index contributed by atoms with van der Waals surface area (Å²) >= 11 is 9.48. The van der Waals surface area contributed by atoms with Crippen LogP contribution >= 0.6 is 27.5 Å². The molecule has 4 aromatic rings. The molecule has 2 amide bonds. The number of carbonyl (C=O) groups is 2. The highest BCUT2D eigenvalue weighted by Crippen LogP contribution is 2.28. The minimum absolute atomic E-state index is 0.00670. The van der Waals surface area contributed by atoms with Crippen molar-refractivity contribution in [3.63, 3.8) is 0 Å². The first-order valence-corrected chi connectivity index (χ1v) is 16.6. The SMILES string of the molecule is CCCNC(=O)C(Cc1ccccc1)N(Cc1ccc(Br)cc1)C(=O)CN(c1ccc(F)c(Cl)c1)S(=O)(=O)c1ccccc1. The molecule has 0 aliphatic rings. The molecule has 0 spiro atoms. The van der Waals surface area contributed by atoms with E-state index in [-0.39, 0.29) is 34.5 Å². The molecule has 7 nitrogen and oxygen atoms in total. The Balaban J connectivity index is 1.80. The molecule has 0 radical (unpaired) electrons. The van der Waals surface area contributed by atoms with Gasteiger partial charge in [0.1, 0.15) is 18.4 Å². The first-order valence-electron chi connectivity index (χ1n) is 14.0. The molecular formula is C33H32BrClFN3O4S. The summed E-state index contributed by atoms with van der Waals surface area (Å²) in [5.74, 6) is -1.71. The van der Waals surface area contributed by atoms with Crippen LogP contribution in [0.25, 0.3) is 0 Å². The van der Waals surface area contributed by atoms with Gasteiger partial charge in [0, 0.05) is 24.0 Å². The minimum Gasteiger partial charge on any atom is -0.354 e. The van der Waals surface area contributed by atoms with E-state index in [4.69, 9.17) is 11.6 Å². The number of rotatable bonds is 13. The van der Waals surface area contributed by atoms with Gasteiger partial charge in [-0.1, -0.05) is 95.1 Å². The van der Waals surface area contributed by atoms with E-state index in [9.17, 15) is 22.4 Å². The third-order valence-electron chi connectivity index (χ3n) is 6.89. The Bertz CT molecular complexity index is 1680. The summed E-state index contributed by atoms with van der Waals surface area (Å²) in [7, 11) is -4.31. The average molecular weight is 701 g/mol. The van der Waals surface area contributed by atoms with Gasteiger partial charge in [-0.2, -0.15) is 0 Å². The fraction of sp³-hybridized carbons (Fsp3) is 0.212. The zero-order valence-corrected chi connectivity index (χ0v) is 27.2. The summed E-state index contributed by atoms with van der Waals surface area (Å²) in [6.07, 6.45) is 0.894. The van der Waals surface area contributed by atoms with E-state index in [0.717, 1.165) is 26.0 Å². The Kier molecular flexibility index (Phi) is 11.5. The maximum absolute atomic E-state index is 14.4. The topological polar surface area (TPSA) is 86.8 Å². The molecular weight excluding hydrogens is 669 g/mol. The number of anilines is 1. The molecule has 230 valence electrons. The van der Waals surface area contributed by atoms with Crippen LogP contribution < -0.4 is 9.62 Å². The summed E-state index contributed by atoms with van der Waals surface area (Å²) in [4.78, 5) is 29.4. The molecule has 44 heavy (non-hydrogen) atoms. The Labute approximate surface area is 270 Å². The van der Waals surface area contributed by atoms with Crippen molar-refractivity contribution in [2.24, 2.45) is 0 Å². The number of sulfonamides is 1. The third kappa shape index (κ3) is 8.46. The molecule has 0 saturated carbocycles. The average Bonchev–Trinajstić information content (AvgIpc) is 3.03. The number of hydrogen-bond donors (Lipinski definition) is 1. The molecule has 4 rings (SSSR count). The second kappa shape index (κ2) is 15.3. The van der Waals surface area contributed by atoms with Crippen molar-refractivity contribution < 1.29 is 22.4 Å². The number of benzene rings is 4. The van der Waals surface area contributed by atoms with Crippen LogP contribution in [0.2, 0.25) is 5.02 Å². The molecule has 0 aliphatic carbocycles. The highest BCUT2D eigenvalue weighted by Gasteiger charge is 2.34. The van der Waals surface area contributed by atoms with E-state index in [1.807, 2.05) is 61.5 Å². The lowest BCUT2D eigenvalue weighted by Gasteiger charge is -2.34. The van der Waals surface area contributed by atoms with Crippen LogP contribution in [0.4, 0.5) is 10.1 Å². The molecule has 0 aliphatic heterocycles. The van der Waals surface area contributed by atoms with E-state index in [2.05, 4.69) is 21.2 Å². The predicted molar refractivity (Wildman–Crippen MR) is 174 cm³/mol. The molecule has 1 atom stereocenters. The van der Waals surface area contributed by atoms with Gasteiger partial charge in [-0.3, -0.25) is 13.9 Å². The summed E-state index contributed by atoms with van der Waals surface area (Å²) in [5, 5.41) is 2.61. The third-order valence-corrected chi connectivity index (χ3v) is 9.49. The van der Waals surface area contributed by atoms with Crippen LogP contribution in [-0.2, 0) is 32.6 Å². The maximum atomic E-state index is 14.4. The number of halogens is 3. The van der Waals surface area contributed by atoms with E-state index in [1.54, 1.807) is 18.2 Å². The van der Waals surface area contributed by atoms with Gasteiger partial charge in [-0.25, -0.2) is 12.8 Å². The number of nitrogens with one attached hydrogen (secondary N) is 1. The Hall–Kier alpha value is -3.73. The second-order valence-electron chi connectivity index (χ2n) is 10.1. The molecule has 1 unspecified atom stereocenters. The Morgan fingerprint density at radius 3 is 2.16 bits per heavy atom. The number of amides is 2. The van der Waals surface area contributed by atoms with Crippen molar-refractivity contribution in [2.75, 3.05) is 17.4 Å². The van der Waals surface area contributed by atoms with Gasteiger partial charge in [0.25, 0.3) is 10.0 Å². The summed E-state index contributed by atoms with van der Waals surface area (Å²) < 4.78 is 43.8. The van der Waals surface area contributed by atoms with Crippen LogP contribution in [0.5, 0.6) is 0 Å². The quantitative estimate of drug-likeness (QED) is 0.170. The predicted octanol–water partition coefficient (Wildman–Crippen LogP) is 6.60. The monoisotopic (exact) mass is 699 g/mol. The zero-order chi connectivity index (χ0) is 31.7. The van der Waals surface area contributed by atoms with E-state index in [0.29, 0.717) is 13.0 Å². The van der Waals surface area contributed by atoms with Crippen molar-refractivity contribution in [1.29, 1.82) is 0 Å². The molecule has 11 heteroatoms. The van der Waals surface area contributed by atoms with Crippen molar-refractivity contribution in [3.05, 3.63) is 130 Å². The van der Waals surface area contributed by atoms with Gasteiger partial charge in [-0.05, 0) is 60.0 Å². The summed E-state index contributed by atoms with van der Waals surface area (Å²) in [6.45, 7) is 1.71. The van der Waals surface area contributed by atoms with Crippen LogP contribution in [0, 0.1) is 5.82 Å². The van der Waals surface area contributed by atoms with Crippen molar-refractivity contribution in [2.45, 2.75) is 37.2 Å². The fourth-order valence-corrected chi connectivity index (χ4v) is 6.46. The van der Waals surface area contributed by atoms with Crippen molar-refractivity contribution >= 4 is 55.1 Å². The highest BCUT2D eigenvalue weighted by molar-refractivity contribution is 9.10. The highest BCUT2D eigenvalue weighted by atomic mass is 79.9. The van der Waals surface area contributed by atoms with Crippen LogP contribution in [0.15, 0.2) is 112 Å². The van der Waals surface area contributed by atoms with Crippen LogP contribution in [0.1, 0.15) is 24.5 Å². The first kappa shape index (κ1) is 33.2. The van der Waals surface area contributed by atoms with Gasteiger partial charge < -0.3 is 10.2 Å². The van der Waals surface area contributed by atoms with E-state index >= 15 is 0 Å². The summed E-state index contributed by atoms with van der Waals surface area (Å²) in [5.41, 5.74) is 1.58. The normalized spacial score (nSPS) is 11.9. The van der Waals surface area contributed by atoms with Gasteiger partial charge >= 0.3 is 0 Å². The lowest BCUT2D eigenvalue weighted by Crippen LogP contribution is -2.53. The smallest absolute Gasteiger partial charge is 0.264 e. The molecule has 1 N–H and O–H groups in total. The Morgan fingerprint density at radius 2 is 1.55 bits per heavy atom. The zero-order valence-electron chi connectivity index (χ0n) is 24.0. The largest absolute Gasteiger partial charge is 0.354 e. The summed E-state index contributed by atoms with van der Waals surface area (Å²) in [6, 6.07) is 26.7. The van der Waals surface area contributed by atoms with E-state index in [1.165, 1.54) is 29.2 Å². The van der Waals surface area contributed by atoms with E-state index < -0.39 is 34.3 Å². The van der Waals surface area contributed by atoms with Crippen LogP contribution in [-0.4, -0.2) is 44.3 Å². The lowest BCUT2D eigenvalue weighted by molar-refractivity contribution is -0.140. The molecule has 0 saturated heterocycles. The van der Waals surface area contributed by atoms with Crippen molar-refractivity contribution in [3.8, 4) is 0 Å². The molecule has 0 fully saturated rings. The number of hydrogen-bond acceptors (Lipinski definition) is 4. The van der Waals surface area contributed by atoms with Gasteiger partial charge in [0.05, 0.1) is 15.6 Å². The lowest BCUT2D eigenvalue weighted by atomic mass is 10.0. The number of nitrogens with zero attached hydrogens (tertiary/aromatic N) is 2. The fourth-order valence-electron chi connectivity index (χ4n) is 4.60. The number of carbonyl (C=O) groups excluding carboxylic acids is 2. The maximum Gasteiger partial charge on any atom is 0.264 e. The molecule has 4 aromatic carbocycles. The Morgan fingerprint density at radius 1 is 0.909 bits per heavy atom. The second-order valence-corrected chi connectivity index (χ2v) is 13.3. The van der Waals surface area contributed by atoms with Crippen LogP contribution in [0.3, 0.4) is 0 Å². The van der Waals surface area contributed by atoms with Crippen molar-refractivity contribution in [1.82, 2.24) is 10.2 Å². The molecule has 0 bridgehead atoms. The van der Waals surface area contributed by atoms with Gasteiger partial charge in [-0.15, -0.1) is 0 Å². The first-order chi connectivity index (χ1) is 21.1. The van der Waals surface area contributed by atoms with Gasteiger partial charge in [0.15, 0.2) is 0 Å². The molecule has 0 heterocycles. The standard InChI is InChI=1S/C33H32BrClFN3O4S/c1-2-19-37-33(41)31(20-24-9-5-3-6-10-24)38(22-25-13-15-26(34)16-14-25)32(40)23-39(27-17-18-30(36)29(35)21-27)44(42,43)28-11-7-4-8-12-28/h3-18,21,31H,2,19-20,22-23H2,1H3,(H,37,41).